The van der Waals surface area contributed by atoms with Crippen molar-refractivity contribution in [2.75, 3.05) is 25.5 Å². The molecule has 3 amide bonds. The molecule has 2 rings (SSSR count). The van der Waals surface area contributed by atoms with Crippen molar-refractivity contribution < 1.29 is 27.5 Å². The average Bonchev–Trinajstić information content (AvgIpc) is 2.54. The Morgan fingerprint density at radius 1 is 1.17 bits per heavy atom. The van der Waals surface area contributed by atoms with E-state index in [2.05, 4.69) is 15.4 Å². The minimum atomic E-state index is -4.41. The van der Waals surface area contributed by atoms with Crippen LogP contribution in [0.3, 0.4) is 0 Å². The molecule has 1 fully saturated rings. The maximum atomic E-state index is 12.5. The van der Waals surface area contributed by atoms with Gasteiger partial charge in [-0.25, -0.2) is 9.59 Å². The Hall–Kier alpha value is -2.45. The fourth-order valence-corrected chi connectivity index (χ4v) is 2.43. The highest BCUT2D eigenvalue weighted by atomic mass is 19.4. The zero-order chi connectivity index (χ0) is 17.7. The largest absolute Gasteiger partial charge is 0.453 e. The van der Waals surface area contributed by atoms with E-state index in [1.807, 2.05) is 0 Å². The Kier molecular flexibility index (Phi) is 5.53. The Morgan fingerprint density at radius 2 is 1.75 bits per heavy atom. The summed E-state index contributed by atoms with van der Waals surface area (Å²) in [7, 11) is 1.31. The van der Waals surface area contributed by atoms with Gasteiger partial charge in [0.2, 0.25) is 0 Å². The maximum absolute atomic E-state index is 12.5. The first-order chi connectivity index (χ1) is 11.3. The van der Waals surface area contributed by atoms with Gasteiger partial charge in [-0.3, -0.25) is 0 Å². The van der Waals surface area contributed by atoms with Crippen molar-refractivity contribution >= 4 is 17.8 Å². The number of likely N-dealkylation sites (tertiary alicyclic amines) is 1. The molecule has 1 aromatic rings. The number of carbonyl (C=O) groups excluding carboxylic acids is 2. The lowest BCUT2D eigenvalue weighted by Gasteiger charge is -2.31. The smallest absolute Gasteiger partial charge is 0.416 e. The monoisotopic (exact) mass is 345 g/mol. The summed E-state index contributed by atoms with van der Waals surface area (Å²) in [5.74, 6) is 0. The Balaban J connectivity index is 1.81. The molecule has 0 atom stereocenters. The first-order valence-electron chi connectivity index (χ1n) is 7.37. The molecule has 0 bridgehead atoms. The van der Waals surface area contributed by atoms with E-state index < -0.39 is 23.9 Å². The quantitative estimate of drug-likeness (QED) is 0.865. The molecule has 0 saturated carbocycles. The summed E-state index contributed by atoms with van der Waals surface area (Å²) < 4.78 is 42.0. The molecule has 1 saturated heterocycles. The van der Waals surface area contributed by atoms with E-state index >= 15 is 0 Å². The normalized spacial score (nSPS) is 15.8. The second-order valence-electron chi connectivity index (χ2n) is 5.40. The summed E-state index contributed by atoms with van der Waals surface area (Å²) in [4.78, 5) is 24.8. The van der Waals surface area contributed by atoms with Gasteiger partial charge in [-0.1, -0.05) is 0 Å². The number of rotatable bonds is 2. The van der Waals surface area contributed by atoms with Gasteiger partial charge in [-0.05, 0) is 37.1 Å². The Morgan fingerprint density at radius 3 is 2.25 bits per heavy atom. The zero-order valence-corrected chi connectivity index (χ0v) is 13.0. The van der Waals surface area contributed by atoms with E-state index in [4.69, 9.17) is 0 Å². The van der Waals surface area contributed by atoms with Gasteiger partial charge in [-0.2, -0.15) is 13.2 Å². The topological polar surface area (TPSA) is 70.7 Å². The van der Waals surface area contributed by atoms with Crippen LogP contribution in [0.4, 0.5) is 28.4 Å². The number of carbonyl (C=O) groups is 2. The van der Waals surface area contributed by atoms with E-state index in [1.54, 1.807) is 4.90 Å². The molecule has 0 aliphatic carbocycles. The number of anilines is 1. The summed E-state index contributed by atoms with van der Waals surface area (Å²) in [6.07, 6.45) is -3.65. The second-order valence-corrected chi connectivity index (χ2v) is 5.40. The van der Waals surface area contributed by atoms with Gasteiger partial charge in [-0.15, -0.1) is 0 Å². The molecule has 1 heterocycles. The highest BCUT2D eigenvalue weighted by Crippen LogP contribution is 2.29. The number of piperidine rings is 1. The van der Waals surface area contributed by atoms with Crippen molar-refractivity contribution in [3.05, 3.63) is 29.8 Å². The number of amides is 3. The van der Waals surface area contributed by atoms with E-state index in [1.165, 1.54) is 19.2 Å². The number of halogens is 3. The molecule has 0 spiro atoms. The summed E-state index contributed by atoms with van der Waals surface area (Å²) in [6, 6.07) is 3.60. The molecule has 0 unspecified atom stereocenters. The molecule has 0 radical (unpaired) electrons. The van der Waals surface area contributed by atoms with Crippen LogP contribution in [0.2, 0.25) is 0 Å². The number of ether oxygens (including phenoxy) is 1. The van der Waals surface area contributed by atoms with Crippen LogP contribution >= 0.6 is 0 Å². The number of hydrogen-bond acceptors (Lipinski definition) is 3. The number of benzene rings is 1. The Bertz CT molecular complexity index is 582. The third kappa shape index (κ3) is 4.77. The first kappa shape index (κ1) is 17.9. The fraction of sp³-hybridized carbons (Fsp3) is 0.467. The van der Waals surface area contributed by atoms with Crippen molar-refractivity contribution in [1.82, 2.24) is 10.2 Å². The molecule has 2 N–H and O–H groups in total. The van der Waals surface area contributed by atoms with Gasteiger partial charge in [0.15, 0.2) is 0 Å². The van der Waals surface area contributed by atoms with Crippen molar-refractivity contribution in [3.63, 3.8) is 0 Å². The van der Waals surface area contributed by atoms with Gasteiger partial charge in [0.25, 0.3) is 0 Å². The van der Waals surface area contributed by atoms with Crippen LogP contribution in [0.25, 0.3) is 0 Å². The predicted octanol–water partition coefficient (Wildman–Crippen LogP) is 3.06. The molecule has 9 heteroatoms. The molecular weight excluding hydrogens is 327 g/mol. The van der Waals surface area contributed by atoms with Gasteiger partial charge < -0.3 is 20.3 Å². The minimum Gasteiger partial charge on any atom is -0.453 e. The molecule has 0 aromatic heterocycles. The van der Waals surface area contributed by atoms with Crippen molar-refractivity contribution in [2.24, 2.45) is 0 Å². The van der Waals surface area contributed by atoms with Gasteiger partial charge in [0.1, 0.15) is 0 Å². The molecule has 1 aromatic carbocycles. The lowest BCUT2D eigenvalue weighted by Crippen LogP contribution is -2.47. The van der Waals surface area contributed by atoms with Crippen LogP contribution in [-0.4, -0.2) is 43.3 Å². The number of nitrogens with one attached hydrogen (secondary N) is 2. The highest BCUT2D eigenvalue weighted by molar-refractivity contribution is 5.89. The number of urea groups is 1. The van der Waals surface area contributed by atoms with Crippen LogP contribution in [0.1, 0.15) is 18.4 Å². The van der Waals surface area contributed by atoms with Crippen LogP contribution in [0.5, 0.6) is 0 Å². The average molecular weight is 345 g/mol. The molecule has 24 heavy (non-hydrogen) atoms. The third-order valence-corrected chi connectivity index (χ3v) is 3.73. The molecule has 132 valence electrons. The maximum Gasteiger partial charge on any atom is 0.416 e. The van der Waals surface area contributed by atoms with E-state index in [0.717, 1.165) is 12.1 Å². The number of alkyl halides is 3. The van der Waals surface area contributed by atoms with Crippen LogP contribution in [0, 0.1) is 0 Å². The number of methoxy groups -OCH3 is 1. The lowest BCUT2D eigenvalue weighted by molar-refractivity contribution is -0.137. The standard InChI is InChI=1S/C15H18F3N3O3/c1-24-14(23)21-8-6-12(7-9-21)20-13(22)19-11-4-2-10(3-5-11)15(16,17)18/h2-5,12H,6-9H2,1H3,(H2,19,20,22). The van der Waals surface area contributed by atoms with Crippen molar-refractivity contribution in [1.29, 1.82) is 0 Å². The fourth-order valence-electron chi connectivity index (χ4n) is 2.43. The van der Waals surface area contributed by atoms with Crippen LogP contribution in [0.15, 0.2) is 24.3 Å². The zero-order valence-electron chi connectivity index (χ0n) is 13.0. The van der Waals surface area contributed by atoms with Gasteiger partial charge in [0, 0.05) is 24.8 Å². The van der Waals surface area contributed by atoms with Crippen molar-refractivity contribution in [3.8, 4) is 0 Å². The minimum absolute atomic E-state index is 0.111. The summed E-state index contributed by atoms with van der Waals surface area (Å²) >= 11 is 0. The molecule has 1 aliphatic rings. The lowest BCUT2D eigenvalue weighted by atomic mass is 10.1. The van der Waals surface area contributed by atoms with E-state index in [-0.39, 0.29) is 11.7 Å². The van der Waals surface area contributed by atoms with E-state index in [9.17, 15) is 22.8 Å². The van der Waals surface area contributed by atoms with Crippen molar-refractivity contribution in [2.45, 2.75) is 25.1 Å². The molecular formula is C15H18F3N3O3. The SMILES string of the molecule is COC(=O)N1CCC(NC(=O)Nc2ccc(C(F)(F)F)cc2)CC1. The van der Waals surface area contributed by atoms with E-state index in [0.29, 0.717) is 25.9 Å². The highest BCUT2D eigenvalue weighted by Gasteiger charge is 2.30. The first-order valence-corrected chi connectivity index (χ1v) is 7.37. The van der Waals surface area contributed by atoms with Crippen LogP contribution < -0.4 is 10.6 Å². The predicted molar refractivity (Wildman–Crippen MR) is 80.6 cm³/mol. The van der Waals surface area contributed by atoms with Gasteiger partial charge >= 0.3 is 18.3 Å². The number of hydrogen-bond donors (Lipinski definition) is 2. The number of nitrogens with zero attached hydrogens (tertiary/aromatic N) is 1. The Labute approximate surface area is 137 Å². The summed E-state index contributed by atoms with van der Waals surface area (Å²) in [5.41, 5.74) is -0.504. The second kappa shape index (κ2) is 7.41. The molecule has 6 nitrogen and oxygen atoms in total. The summed E-state index contributed by atoms with van der Waals surface area (Å²) in [6.45, 7) is 0.940. The third-order valence-electron chi connectivity index (χ3n) is 3.73. The van der Waals surface area contributed by atoms with Crippen LogP contribution in [-0.2, 0) is 10.9 Å². The van der Waals surface area contributed by atoms with Gasteiger partial charge in [0.05, 0.1) is 12.7 Å². The summed E-state index contributed by atoms with van der Waals surface area (Å²) in [5, 5.41) is 5.23. The molecule has 1 aliphatic heterocycles.